The van der Waals surface area contributed by atoms with Crippen LogP contribution in [0.2, 0.25) is 0 Å². The van der Waals surface area contributed by atoms with Crippen molar-refractivity contribution < 1.29 is 9.84 Å². The molecule has 3 heteroatoms. The molecule has 0 radical (unpaired) electrons. The Morgan fingerprint density at radius 2 is 2.00 bits per heavy atom. The van der Waals surface area contributed by atoms with E-state index in [1.54, 1.807) is 0 Å². The number of hydrogen-bond donors (Lipinski definition) is 1. The number of likely N-dealkylation sites (N-methyl/N-ethyl adjacent to an activating group) is 1. The molecule has 1 saturated carbocycles. The zero-order valence-electron chi connectivity index (χ0n) is 11.2. The highest BCUT2D eigenvalue weighted by molar-refractivity contribution is 4.91. The van der Waals surface area contributed by atoms with Gasteiger partial charge in [0.1, 0.15) is 0 Å². The first-order chi connectivity index (χ1) is 8.24. The molecular weight excluding hydrogens is 214 g/mol. The van der Waals surface area contributed by atoms with Crippen molar-refractivity contribution in [3.8, 4) is 0 Å². The normalized spacial score (nSPS) is 28.1. The van der Waals surface area contributed by atoms with E-state index in [1.165, 1.54) is 44.9 Å². The van der Waals surface area contributed by atoms with Crippen molar-refractivity contribution in [2.75, 3.05) is 26.7 Å². The quantitative estimate of drug-likeness (QED) is 0.801. The minimum Gasteiger partial charge on any atom is -0.396 e. The molecule has 1 aliphatic carbocycles. The van der Waals surface area contributed by atoms with Crippen molar-refractivity contribution in [3.05, 3.63) is 0 Å². The van der Waals surface area contributed by atoms with Crippen molar-refractivity contribution in [1.82, 2.24) is 4.90 Å². The molecule has 1 saturated heterocycles. The first-order valence-electron chi connectivity index (χ1n) is 7.21. The number of rotatable bonds is 5. The van der Waals surface area contributed by atoms with Crippen LogP contribution in [0.4, 0.5) is 0 Å². The van der Waals surface area contributed by atoms with Crippen LogP contribution in [-0.4, -0.2) is 48.5 Å². The fourth-order valence-corrected chi connectivity index (χ4v) is 3.37. The van der Waals surface area contributed by atoms with Gasteiger partial charge in [0.05, 0.1) is 11.7 Å². The maximum absolute atomic E-state index is 8.82. The second kappa shape index (κ2) is 6.17. The monoisotopic (exact) mass is 241 g/mol. The van der Waals surface area contributed by atoms with E-state index in [1.807, 2.05) is 0 Å². The molecular formula is C14H27NO2. The van der Waals surface area contributed by atoms with Gasteiger partial charge in [-0.2, -0.15) is 0 Å². The highest BCUT2D eigenvalue weighted by Crippen LogP contribution is 2.41. The van der Waals surface area contributed by atoms with Crippen molar-refractivity contribution in [1.29, 1.82) is 0 Å². The average molecular weight is 241 g/mol. The van der Waals surface area contributed by atoms with Gasteiger partial charge in [0, 0.05) is 19.7 Å². The number of aliphatic hydroxyl groups excluding tert-OH is 1. The van der Waals surface area contributed by atoms with Gasteiger partial charge in [-0.05, 0) is 39.2 Å². The Balaban J connectivity index is 1.73. The van der Waals surface area contributed by atoms with Crippen LogP contribution in [0.15, 0.2) is 0 Å². The molecule has 17 heavy (non-hydrogen) atoms. The zero-order valence-corrected chi connectivity index (χ0v) is 11.2. The second-order valence-corrected chi connectivity index (χ2v) is 5.86. The Bertz CT molecular complexity index is 226. The Hall–Kier alpha value is -0.120. The van der Waals surface area contributed by atoms with Crippen LogP contribution >= 0.6 is 0 Å². The predicted molar refractivity (Wildman–Crippen MR) is 69.1 cm³/mol. The highest BCUT2D eigenvalue weighted by atomic mass is 16.5. The van der Waals surface area contributed by atoms with E-state index in [0.29, 0.717) is 12.7 Å². The summed E-state index contributed by atoms with van der Waals surface area (Å²) in [5, 5.41) is 8.82. The molecule has 1 aliphatic heterocycles. The van der Waals surface area contributed by atoms with Crippen LogP contribution < -0.4 is 0 Å². The minimum absolute atomic E-state index is 0.251. The van der Waals surface area contributed by atoms with E-state index in [4.69, 9.17) is 9.84 Å². The third kappa shape index (κ3) is 3.67. The van der Waals surface area contributed by atoms with E-state index in [0.717, 1.165) is 19.5 Å². The molecule has 2 rings (SSSR count). The third-order valence-electron chi connectivity index (χ3n) is 4.32. The molecule has 1 unspecified atom stereocenters. The Kier molecular flexibility index (Phi) is 4.83. The molecule has 2 aliphatic rings. The van der Waals surface area contributed by atoms with Gasteiger partial charge in [0.2, 0.25) is 0 Å². The summed E-state index contributed by atoms with van der Waals surface area (Å²) in [5.41, 5.74) is 0.251. The van der Waals surface area contributed by atoms with Gasteiger partial charge in [-0.15, -0.1) is 0 Å². The summed E-state index contributed by atoms with van der Waals surface area (Å²) in [6, 6.07) is 0. The zero-order chi connectivity index (χ0) is 12.1. The lowest BCUT2D eigenvalue weighted by Gasteiger charge is -2.34. The van der Waals surface area contributed by atoms with Crippen LogP contribution in [0.5, 0.6) is 0 Å². The van der Waals surface area contributed by atoms with Crippen LogP contribution in [0.25, 0.3) is 0 Å². The molecule has 0 aromatic rings. The van der Waals surface area contributed by atoms with Crippen molar-refractivity contribution in [2.45, 2.75) is 63.1 Å². The molecule has 100 valence electrons. The first kappa shape index (κ1) is 13.3. The van der Waals surface area contributed by atoms with Gasteiger partial charge >= 0.3 is 0 Å². The van der Waals surface area contributed by atoms with E-state index in [-0.39, 0.29) is 5.60 Å². The summed E-state index contributed by atoms with van der Waals surface area (Å²) < 4.78 is 6.34. The van der Waals surface area contributed by atoms with Crippen molar-refractivity contribution in [2.24, 2.45) is 0 Å². The summed E-state index contributed by atoms with van der Waals surface area (Å²) in [6.07, 6.45) is 10.5. The topological polar surface area (TPSA) is 32.7 Å². The molecule has 0 aromatic carbocycles. The molecule has 0 amide bonds. The van der Waals surface area contributed by atoms with Crippen LogP contribution in [-0.2, 0) is 4.74 Å². The predicted octanol–water partition coefficient (Wildman–Crippen LogP) is 2.18. The fourth-order valence-electron chi connectivity index (χ4n) is 3.37. The summed E-state index contributed by atoms with van der Waals surface area (Å²) in [5.74, 6) is 0. The average Bonchev–Trinajstić information content (AvgIpc) is 2.70. The van der Waals surface area contributed by atoms with Crippen LogP contribution in [0.3, 0.4) is 0 Å². The van der Waals surface area contributed by atoms with E-state index >= 15 is 0 Å². The van der Waals surface area contributed by atoms with E-state index in [9.17, 15) is 0 Å². The molecule has 0 bridgehead atoms. The molecule has 1 spiro atoms. The number of aliphatic hydroxyl groups is 1. The summed E-state index contributed by atoms with van der Waals surface area (Å²) in [6.45, 7) is 2.30. The molecule has 0 aromatic heterocycles. The van der Waals surface area contributed by atoms with Crippen LogP contribution in [0, 0.1) is 0 Å². The molecule has 1 atom stereocenters. The largest absolute Gasteiger partial charge is 0.396 e. The summed E-state index contributed by atoms with van der Waals surface area (Å²) in [7, 11) is 2.13. The lowest BCUT2D eigenvalue weighted by molar-refractivity contribution is -0.0703. The van der Waals surface area contributed by atoms with Gasteiger partial charge in [-0.1, -0.05) is 19.3 Å². The number of nitrogens with zero attached hydrogens (tertiary/aromatic N) is 1. The van der Waals surface area contributed by atoms with Crippen molar-refractivity contribution in [3.63, 3.8) is 0 Å². The Morgan fingerprint density at radius 3 is 2.71 bits per heavy atom. The molecule has 1 heterocycles. The van der Waals surface area contributed by atoms with Gasteiger partial charge < -0.3 is 14.7 Å². The van der Waals surface area contributed by atoms with E-state index in [2.05, 4.69) is 11.9 Å². The highest BCUT2D eigenvalue weighted by Gasteiger charge is 2.40. The number of hydrogen-bond acceptors (Lipinski definition) is 3. The Morgan fingerprint density at radius 1 is 1.24 bits per heavy atom. The lowest BCUT2D eigenvalue weighted by atomic mass is 9.83. The van der Waals surface area contributed by atoms with Crippen molar-refractivity contribution >= 4 is 0 Å². The lowest BCUT2D eigenvalue weighted by Crippen LogP contribution is -2.35. The van der Waals surface area contributed by atoms with Crippen LogP contribution in [0.1, 0.15) is 51.4 Å². The summed E-state index contributed by atoms with van der Waals surface area (Å²) >= 11 is 0. The van der Waals surface area contributed by atoms with Gasteiger partial charge in [-0.25, -0.2) is 0 Å². The first-order valence-corrected chi connectivity index (χ1v) is 7.21. The van der Waals surface area contributed by atoms with E-state index < -0.39 is 0 Å². The fraction of sp³-hybridized carbons (Fsp3) is 1.00. The van der Waals surface area contributed by atoms with Gasteiger partial charge in [-0.3, -0.25) is 0 Å². The number of ether oxygens (including phenoxy) is 1. The maximum atomic E-state index is 8.82. The molecule has 1 N–H and O–H groups in total. The second-order valence-electron chi connectivity index (χ2n) is 5.86. The Labute approximate surface area is 105 Å². The minimum atomic E-state index is 0.251. The van der Waals surface area contributed by atoms with Gasteiger partial charge in [0.15, 0.2) is 0 Å². The van der Waals surface area contributed by atoms with Gasteiger partial charge in [0.25, 0.3) is 0 Å². The molecule has 3 nitrogen and oxygen atoms in total. The molecule has 2 fully saturated rings. The third-order valence-corrected chi connectivity index (χ3v) is 4.32. The smallest absolute Gasteiger partial charge is 0.0710 e. The standard InChI is InChI=1S/C14H27NO2/c1-15(10-5-11-16)12-13-6-9-14(17-13)7-3-2-4-8-14/h13,16H,2-12H2,1H3. The SMILES string of the molecule is CN(CCCO)CC1CCC2(CCCCC2)O1. The maximum Gasteiger partial charge on any atom is 0.0710 e. The summed E-state index contributed by atoms with van der Waals surface area (Å²) in [4.78, 5) is 2.29.